The predicted molar refractivity (Wildman–Crippen MR) is 24.4 cm³/mol. The third-order valence-electron chi connectivity index (χ3n) is 0.243. The topological polar surface area (TPSA) is 26.0 Å². The highest BCUT2D eigenvalue weighted by Gasteiger charge is 1.81. The normalized spacial score (nSPS) is 15.0. The van der Waals surface area contributed by atoms with Gasteiger partial charge < -0.3 is 5.73 Å². The van der Waals surface area contributed by atoms with Crippen LogP contribution in [0, 0.1) is 0 Å². The SMILES string of the molecule is C[C@H](N)CCl. The Labute approximate surface area is 37.1 Å². The van der Waals surface area contributed by atoms with Crippen molar-refractivity contribution >= 4 is 11.6 Å². The summed E-state index contributed by atoms with van der Waals surface area (Å²) in [5.41, 5.74) is 5.16. The highest BCUT2D eigenvalue weighted by molar-refractivity contribution is 6.18. The molecule has 1 nitrogen and oxygen atoms in total. The summed E-state index contributed by atoms with van der Waals surface area (Å²) in [7, 11) is 0. The second kappa shape index (κ2) is 2.49. The Morgan fingerprint density at radius 2 is 2.20 bits per heavy atom. The zero-order valence-corrected chi connectivity index (χ0v) is 4.00. The van der Waals surface area contributed by atoms with Crippen LogP contribution in [-0.4, -0.2) is 11.9 Å². The van der Waals surface area contributed by atoms with Crippen LogP contribution < -0.4 is 5.73 Å². The molecule has 0 aliphatic carbocycles. The molecule has 0 aliphatic heterocycles. The lowest BCUT2D eigenvalue weighted by atomic mass is 10.4. The van der Waals surface area contributed by atoms with Gasteiger partial charge in [-0.25, -0.2) is 0 Å². The zero-order valence-electron chi connectivity index (χ0n) is 3.24. The average Bonchev–Trinajstić information content (AvgIpc) is 1.38. The fourth-order valence-electron chi connectivity index (χ4n) is 0. The van der Waals surface area contributed by atoms with E-state index < -0.39 is 0 Å². The van der Waals surface area contributed by atoms with Crippen molar-refractivity contribution in [3.05, 3.63) is 0 Å². The third-order valence-corrected chi connectivity index (χ3v) is 0.730. The van der Waals surface area contributed by atoms with Crippen molar-refractivity contribution in [2.24, 2.45) is 5.73 Å². The molecule has 0 fully saturated rings. The Morgan fingerprint density at radius 1 is 2.00 bits per heavy atom. The first-order valence-electron chi connectivity index (χ1n) is 1.59. The Bertz CT molecular complexity index is 20.9. The largest absolute Gasteiger partial charge is 0.327 e. The van der Waals surface area contributed by atoms with Gasteiger partial charge in [-0.3, -0.25) is 0 Å². The second-order valence-electron chi connectivity index (χ2n) is 1.13. The van der Waals surface area contributed by atoms with E-state index in [0.717, 1.165) is 0 Å². The summed E-state index contributed by atoms with van der Waals surface area (Å²) < 4.78 is 0. The number of hydrogen-bond acceptors (Lipinski definition) is 1. The molecule has 0 radical (unpaired) electrons. The van der Waals surface area contributed by atoms with Crippen molar-refractivity contribution in [3.63, 3.8) is 0 Å². The smallest absolute Gasteiger partial charge is 0.0372 e. The summed E-state index contributed by atoms with van der Waals surface area (Å²) >= 11 is 5.21. The molecule has 0 bridgehead atoms. The van der Waals surface area contributed by atoms with Gasteiger partial charge in [0, 0.05) is 11.9 Å². The van der Waals surface area contributed by atoms with Crippen LogP contribution in [0.3, 0.4) is 0 Å². The monoisotopic (exact) mass is 93.0 g/mol. The van der Waals surface area contributed by atoms with Crippen LogP contribution in [0.1, 0.15) is 6.92 Å². The lowest BCUT2D eigenvalue weighted by molar-refractivity contribution is 0.842. The molecule has 5 heavy (non-hydrogen) atoms. The summed E-state index contributed by atoms with van der Waals surface area (Å²) in [6, 6.07) is 0.150. The van der Waals surface area contributed by atoms with Gasteiger partial charge in [0.2, 0.25) is 0 Å². The molecule has 0 aliphatic rings. The van der Waals surface area contributed by atoms with E-state index in [0.29, 0.717) is 5.88 Å². The van der Waals surface area contributed by atoms with Crippen LogP contribution in [0.2, 0.25) is 0 Å². The lowest BCUT2D eigenvalue weighted by Gasteiger charge is -1.89. The van der Waals surface area contributed by atoms with Crippen LogP contribution >= 0.6 is 11.6 Å². The Hall–Kier alpha value is 0.250. The maximum absolute atomic E-state index is 5.21. The minimum Gasteiger partial charge on any atom is -0.327 e. The van der Waals surface area contributed by atoms with E-state index in [-0.39, 0.29) is 6.04 Å². The fourth-order valence-corrected chi connectivity index (χ4v) is 0. The van der Waals surface area contributed by atoms with Crippen molar-refractivity contribution in [1.82, 2.24) is 0 Å². The van der Waals surface area contributed by atoms with Gasteiger partial charge in [-0.2, -0.15) is 0 Å². The first-order valence-corrected chi connectivity index (χ1v) is 2.12. The predicted octanol–water partition coefficient (Wildman–Crippen LogP) is 0.572. The molecule has 0 spiro atoms. The third kappa shape index (κ3) is 4.25. The van der Waals surface area contributed by atoms with Crippen molar-refractivity contribution in [1.29, 1.82) is 0 Å². The van der Waals surface area contributed by atoms with Gasteiger partial charge in [0.1, 0.15) is 0 Å². The van der Waals surface area contributed by atoms with E-state index in [9.17, 15) is 0 Å². The van der Waals surface area contributed by atoms with Crippen LogP contribution in [0.4, 0.5) is 0 Å². The summed E-state index contributed by atoms with van der Waals surface area (Å²) in [5.74, 6) is 0.556. The summed E-state index contributed by atoms with van der Waals surface area (Å²) in [6.45, 7) is 1.87. The van der Waals surface area contributed by atoms with Crippen LogP contribution in [0.15, 0.2) is 0 Å². The van der Waals surface area contributed by atoms with Crippen LogP contribution in [0.25, 0.3) is 0 Å². The maximum Gasteiger partial charge on any atom is 0.0372 e. The summed E-state index contributed by atoms with van der Waals surface area (Å²) in [4.78, 5) is 0. The van der Waals surface area contributed by atoms with E-state index in [1.54, 1.807) is 0 Å². The Kier molecular flexibility index (Phi) is 2.61. The molecule has 0 saturated heterocycles. The van der Waals surface area contributed by atoms with E-state index in [4.69, 9.17) is 17.3 Å². The molecule has 0 saturated carbocycles. The van der Waals surface area contributed by atoms with Gasteiger partial charge in [0.15, 0.2) is 0 Å². The van der Waals surface area contributed by atoms with E-state index in [1.165, 1.54) is 0 Å². The average molecular weight is 93.6 g/mol. The summed E-state index contributed by atoms with van der Waals surface area (Å²) in [5, 5.41) is 0. The molecule has 0 amide bonds. The van der Waals surface area contributed by atoms with Crippen molar-refractivity contribution in [3.8, 4) is 0 Å². The molecule has 0 aromatic carbocycles. The van der Waals surface area contributed by atoms with Gasteiger partial charge in [-0.1, -0.05) is 0 Å². The van der Waals surface area contributed by atoms with E-state index in [1.807, 2.05) is 6.92 Å². The Morgan fingerprint density at radius 3 is 2.20 bits per heavy atom. The first-order chi connectivity index (χ1) is 2.27. The Balaban J connectivity index is 2.54. The molecule has 0 aromatic rings. The van der Waals surface area contributed by atoms with Gasteiger partial charge in [0.05, 0.1) is 0 Å². The highest BCUT2D eigenvalue weighted by atomic mass is 35.5. The van der Waals surface area contributed by atoms with Gasteiger partial charge >= 0.3 is 0 Å². The van der Waals surface area contributed by atoms with Gasteiger partial charge in [-0.05, 0) is 6.92 Å². The molecule has 2 heteroatoms. The van der Waals surface area contributed by atoms with Crippen LogP contribution in [0.5, 0.6) is 0 Å². The lowest BCUT2D eigenvalue weighted by Crippen LogP contribution is -2.15. The molecule has 0 aromatic heterocycles. The van der Waals surface area contributed by atoms with Gasteiger partial charge in [0.25, 0.3) is 0 Å². The van der Waals surface area contributed by atoms with Crippen LogP contribution in [-0.2, 0) is 0 Å². The van der Waals surface area contributed by atoms with Gasteiger partial charge in [-0.15, -0.1) is 11.6 Å². The van der Waals surface area contributed by atoms with E-state index >= 15 is 0 Å². The number of rotatable bonds is 1. The molecular formula is C3H8ClN. The van der Waals surface area contributed by atoms with E-state index in [2.05, 4.69) is 0 Å². The number of alkyl halides is 1. The quantitative estimate of drug-likeness (QED) is 0.472. The van der Waals surface area contributed by atoms with Crippen molar-refractivity contribution in [2.75, 3.05) is 5.88 Å². The number of hydrogen-bond donors (Lipinski definition) is 1. The minimum absolute atomic E-state index is 0.150. The molecule has 0 rings (SSSR count). The molecule has 0 unspecified atom stereocenters. The standard InChI is InChI=1S/C3H8ClN/c1-3(5)2-4/h3H,2,5H2,1H3/t3-/m0/s1. The zero-order chi connectivity index (χ0) is 4.28. The maximum atomic E-state index is 5.21. The molecule has 2 N–H and O–H groups in total. The molecule has 32 valence electrons. The summed E-state index contributed by atoms with van der Waals surface area (Å²) in [6.07, 6.45) is 0. The fraction of sp³-hybridized carbons (Fsp3) is 1.00. The molecule has 0 heterocycles. The number of halogens is 1. The molecular weight excluding hydrogens is 85.5 g/mol. The second-order valence-corrected chi connectivity index (χ2v) is 1.44. The van der Waals surface area contributed by atoms with Crippen molar-refractivity contribution < 1.29 is 0 Å². The molecule has 1 atom stereocenters. The minimum atomic E-state index is 0.150. The first kappa shape index (κ1) is 5.25. The highest BCUT2D eigenvalue weighted by Crippen LogP contribution is 1.76. The van der Waals surface area contributed by atoms with Crippen molar-refractivity contribution in [2.45, 2.75) is 13.0 Å². The number of nitrogens with two attached hydrogens (primary N) is 1.